The second-order valence-corrected chi connectivity index (χ2v) is 17.6. The van der Waals surface area contributed by atoms with Gasteiger partial charge in [-0.1, -0.05) is 13.8 Å². The van der Waals surface area contributed by atoms with Crippen LogP contribution in [0.15, 0.2) is 82.1 Å². The Labute approximate surface area is 466 Å². The first-order valence-corrected chi connectivity index (χ1v) is 22.4. The SMILES string of the molecule is CCC1=C(C)C2=NC1=CC1=NC(=C(CC(=O)OC)C3=NC(=Cc4[nH]c(/c(=C(\C)[O-])c4C)=C2)C(C)=C3CCC(=O)NCCCS(=O)(=O)[O-])C(C([O-])=NCCCS(=O)(=O)[O-])=C1C.[K+].[K+].[Pd+2]. The summed E-state index contributed by atoms with van der Waals surface area (Å²) in [6, 6.07) is 0. The van der Waals surface area contributed by atoms with Gasteiger partial charge in [0.05, 0.1) is 68.0 Å². The predicted octanol–water partition coefficient (Wildman–Crippen LogP) is -5.10. The minimum Gasteiger partial charge on any atom is -0.875 e. The van der Waals surface area contributed by atoms with Crippen molar-refractivity contribution < 1.29 is 174 Å². The molecule has 17 nitrogen and oxygen atoms in total. The molecule has 63 heavy (non-hydrogen) atoms. The van der Waals surface area contributed by atoms with E-state index in [2.05, 4.69) is 15.3 Å². The van der Waals surface area contributed by atoms with Gasteiger partial charge in [0.2, 0.25) is 5.91 Å². The number of amides is 1. The summed E-state index contributed by atoms with van der Waals surface area (Å²) in [7, 11) is -7.83. The Bertz CT molecular complexity index is 2740. The zero-order chi connectivity index (χ0) is 44.3. The quantitative estimate of drug-likeness (QED) is 0.0419. The zero-order valence-corrected chi connectivity index (χ0v) is 46.1. The van der Waals surface area contributed by atoms with Gasteiger partial charge in [0.15, 0.2) is 0 Å². The van der Waals surface area contributed by atoms with E-state index in [1.165, 1.54) is 14.0 Å². The van der Waals surface area contributed by atoms with Crippen LogP contribution in [-0.4, -0.2) is 97.5 Å². The van der Waals surface area contributed by atoms with Crippen LogP contribution in [0.4, 0.5) is 0 Å². The summed E-state index contributed by atoms with van der Waals surface area (Å²) in [5, 5.41) is 30.8. The molecule has 1 aromatic rings. The molecule has 0 saturated heterocycles. The van der Waals surface area contributed by atoms with E-state index in [4.69, 9.17) is 19.7 Å². The number of ether oxygens (including phenoxy) is 1. The first kappa shape index (κ1) is 57.6. The number of carbonyl (C=O) groups excluding carboxylic acids is 2. The van der Waals surface area contributed by atoms with Gasteiger partial charge in [0.25, 0.3) is 0 Å². The maximum atomic E-state index is 14.1. The fourth-order valence-corrected chi connectivity index (χ4v) is 8.35. The number of hydrogen-bond donors (Lipinski definition) is 2. The molecular weight excluding hydrogens is 1000 g/mol. The Morgan fingerprint density at radius 2 is 1.48 bits per heavy atom. The van der Waals surface area contributed by atoms with E-state index in [0.717, 1.165) is 11.1 Å². The number of methoxy groups -OCH3 is 1. The molecule has 2 N–H and O–H groups in total. The molecule has 0 fully saturated rings. The van der Waals surface area contributed by atoms with Crippen LogP contribution >= 0.6 is 0 Å². The van der Waals surface area contributed by atoms with Gasteiger partial charge in [-0.2, -0.15) is 0 Å². The fraction of sp³-hybridized carbons (Fsp3) is 0.415. The van der Waals surface area contributed by atoms with E-state index >= 15 is 0 Å². The minimum absolute atomic E-state index is 0. The summed E-state index contributed by atoms with van der Waals surface area (Å²) in [4.78, 5) is 48.7. The molecule has 0 atom stereocenters. The number of allylic oxidation sites excluding steroid dienone is 6. The molecule has 4 aliphatic rings. The summed E-state index contributed by atoms with van der Waals surface area (Å²) in [6.07, 6.45) is 5.05. The largest absolute Gasteiger partial charge is 2.00 e. The maximum absolute atomic E-state index is 14.1. The number of fused-ring (bicyclic) bond motifs is 5. The Balaban J connectivity index is 0.00000455. The number of nitrogens with one attached hydrogen (secondary N) is 2. The van der Waals surface area contributed by atoms with Gasteiger partial charge < -0.3 is 39.3 Å². The molecule has 0 spiro atoms. The van der Waals surface area contributed by atoms with Crippen molar-refractivity contribution in [3.63, 3.8) is 0 Å². The zero-order valence-electron chi connectivity index (χ0n) is 36.7. The summed E-state index contributed by atoms with van der Waals surface area (Å²) in [5.41, 5.74) is 6.74. The van der Waals surface area contributed by atoms with Crippen molar-refractivity contribution in [2.45, 2.75) is 80.1 Å². The third-order valence-electron chi connectivity index (χ3n) is 10.5. The monoisotopic (exact) mass is 1050 g/mol. The van der Waals surface area contributed by atoms with Gasteiger partial charge in [0, 0.05) is 53.2 Å². The smallest absolute Gasteiger partial charge is 0.875 e. The number of rotatable bonds is 15. The summed E-state index contributed by atoms with van der Waals surface area (Å²) < 4.78 is 72.1. The average Bonchev–Trinajstić information content (AvgIpc) is 3.85. The normalized spacial score (nSPS) is 16.8. The van der Waals surface area contributed by atoms with Crippen LogP contribution in [0.5, 0.6) is 0 Å². The van der Waals surface area contributed by atoms with Crippen molar-refractivity contribution in [1.82, 2.24) is 10.3 Å². The van der Waals surface area contributed by atoms with Gasteiger partial charge in [-0.05, 0) is 116 Å². The maximum Gasteiger partial charge on any atom is 2.00 e. The van der Waals surface area contributed by atoms with Crippen LogP contribution in [0, 0.1) is 6.92 Å². The van der Waals surface area contributed by atoms with Gasteiger partial charge in [-0.25, -0.2) is 31.8 Å². The Morgan fingerprint density at radius 1 is 0.841 bits per heavy atom. The van der Waals surface area contributed by atoms with Crippen LogP contribution in [0.1, 0.15) is 84.4 Å². The van der Waals surface area contributed by atoms with Crippen LogP contribution in [0.2, 0.25) is 0 Å². The van der Waals surface area contributed by atoms with Crippen LogP contribution < -0.4 is 129 Å². The van der Waals surface area contributed by atoms with E-state index in [-0.39, 0.29) is 190 Å². The number of hydrogen-bond acceptors (Lipinski definition) is 15. The Kier molecular flexibility index (Phi) is 22.3. The van der Waals surface area contributed by atoms with Crippen molar-refractivity contribution in [3.8, 4) is 0 Å². The number of nitrogens with zero attached hydrogens (tertiary/aromatic N) is 4. The molecule has 0 aromatic carbocycles. The van der Waals surface area contributed by atoms with E-state index in [0.29, 0.717) is 67.8 Å². The minimum atomic E-state index is -4.56. The van der Waals surface area contributed by atoms with E-state index in [1.54, 1.807) is 39.0 Å². The van der Waals surface area contributed by atoms with Crippen molar-refractivity contribution in [3.05, 3.63) is 84.0 Å². The van der Waals surface area contributed by atoms with Gasteiger partial charge in [0.1, 0.15) is 0 Å². The molecule has 22 heteroatoms. The molecule has 0 unspecified atom stereocenters. The number of carbonyl (C=O) groups is 2. The third kappa shape index (κ3) is 14.5. The predicted molar refractivity (Wildman–Crippen MR) is 222 cm³/mol. The second-order valence-electron chi connectivity index (χ2n) is 14.6. The number of esters is 1. The molecule has 5 rings (SSSR count). The van der Waals surface area contributed by atoms with Gasteiger partial charge in [-0.3, -0.25) is 9.59 Å². The molecule has 0 aliphatic carbocycles. The van der Waals surface area contributed by atoms with Crippen molar-refractivity contribution in [2.75, 3.05) is 31.7 Å². The number of aliphatic imine (C=N–C) groups is 4. The van der Waals surface area contributed by atoms with E-state index < -0.39 is 55.9 Å². The van der Waals surface area contributed by atoms with Crippen LogP contribution in [-0.2, 0) is 55.0 Å². The van der Waals surface area contributed by atoms with Gasteiger partial charge in [-0.15, -0.1) is 5.76 Å². The Hall–Kier alpha value is -1.56. The fourth-order valence-electron chi connectivity index (χ4n) is 7.37. The van der Waals surface area contributed by atoms with Crippen molar-refractivity contribution in [1.29, 1.82) is 0 Å². The molecule has 1 amide bonds. The molecule has 5 heterocycles. The third-order valence-corrected chi connectivity index (χ3v) is 12.0. The van der Waals surface area contributed by atoms with Crippen molar-refractivity contribution in [2.24, 2.45) is 20.0 Å². The van der Waals surface area contributed by atoms with E-state index in [1.807, 2.05) is 13.8 Å². The van der Waals surface area contributed by atoms with Crippen LogP contribution in [0.3, 0.4) is 0 Å². The molecule has 0 radical (unpaired) electrons. The topological polar surface area (TPSA) is 281 Å². The molecule has 0 saturated carbocycles. The Morgan fingerprint density at radius 3 is 2.08 bits per heavy atom. The number of aromatic amines is 1. The van der Waals surface area contributed by atoms with Crippen LogP contribution in [0.25, 0.3) is 17.9 Å². The number of aromatic nitrogens is 1. The molecule has 1 aromatic heterocycles. The second kappa shape index (κ2) is 24.5. The molecule has 330 valence electrons. The summed E-state index contributed by atoms with van der Waals surface area (Å²) in [5.74, 6) is -3.49. The van der Waals surface area contributed by atoms with E-state index in [9.17, 15) is 45.7 Å². The first-order chi connectivity index (χ1) is 28.1. The summed E-state index contributed by atoms with van der Waals surface area (Å²) >= 11 is 0. The standard InChI is InChI=1S/C41H50N6O11S2.2K.Pd/c1-8-26-21(2)29-20-34-37(25(6)48)23(4)31(45-34)18-30-22(3)27(11-12-35(49)42-13-9-15-59(52,53)54)39(46-30)28(17-36(50)58-7)40-38(24(5)32(47-40)19-33(26)44-29)41(51)43-14-10-16-60(55,56)57;;;/h18-20,45,48H,8-17H2,1-7H3,(H,42,49)(H,43,51)(H,52,53,54)(H,55,56,57);;;/q;2*+1;+2/p-4/b30-18?,33-19?,34-20?,37-25+,40-28?;;;. The first-order valence-electron chi connectivity index (χ1n) is 19.2. The van der Waals surface area contributed by atoms with Crippen molar-refractivity contribution >= 4 is 73.1 Å². The molecular formula is C41H46K2N6O11PdS2. The molecule has 8 bridgehead atoms. The average molecular weight is 1050 g/mol. The van der Waals surface area contributed by atoms with Gasteiger partial charge >= 0.3 is 129 Å². The number of H-pyrrole nitrogens is 1. The molecule has 4 aliphatic heterocycles. The summed E-state index contributed by atoms with van der Waals surface area (Å²) in [6.45, 7) is 10.2.